The molecule has 3 fully saturated rings. The molecular weight excluding hydrogens is 138 g/mol. The minimum Gasteiger partial charge on any atom is -0.383 e. The second kappa shape index (κ2) is 2.76. The van der Waals surface area contributed by atoms with Gasteiger partial charge in [-0.2, -0.15) is 0 Å². The first-order valence-corrected chi connectivity index (χ1v) is 4.56. The molecule has 0 amide bonds. The van der Waals surface area contributed by atoms with Gasteiger partial charge in [-0.3, -0.25) is 0 Å². The average Bonchev–Trinajstić information content (AvgIpc) is 1.90. The molecule has 0 radical (unpaired) electrons. The Kier molecular flexibility index (Phi) is 1.90. The van der Waals surface area contributed by atoms with E-state index >= 15 is 0 Å². The van der Waals surface area contributed by atoms with Crippen LogP contribution in [0.1, 0.15) is 19.8 Å². The van der Waals surface area contributed by atoms with E-state index in [0.717, 1.165) is 24.5 Å². The van der Waals surface area contributed by atoms with Crippen LogP contribution in [0.3, 0.4) is 0 Å². The summed E-state index contributed by atoms with van der Waals surface area (Å²) >= 11 is 0. The molecule has 2 aliphatic heterocycles. The topological polar surface area (TPSA) is 21.3 Å². The van der Waals surface area contributed by atoms with Crippen LogP contribution in [0.15, 0.2) is 0 Å². The predicted molar refractivity (Wildman–Crippen MR) is 44.5 cm³/mol. The fourth-order valence-electron chi connectivity index (χ4n) is 2.39. The lowest BCUT2D eigenvalue weighted by atomic mass is 9.66. The second-order valence-electron chi connectivity index (χ2n) is 4.02. The van der Waals surface area contributed by atoms with Crippen LogP contribution in [0.4, 0.5) is 0 Å². The highest BCUT2D eigenvalue weighted by atomic mass is 16.5. The van der Waals surface area contributed by atoms with Gasteiger partial charge in [-0.25, -0.2) is 0 Å². The summed E-state index contributed by atoms with van der Waals surface area (Å²) in [6, 6.07) is 1.44. The Labute approximate surface area is 68.3 Å². The molecule has 2 heterocycles. The summed E-state index contributed by atoms with van der Waals surface area (Å²) in [7, 11) is 1.79. The average molecular weight is 155 g/mol. The van der Waals surface area contributed by atoms with Gasteiger partial charge in [0.1, 0.15) is 0 Å². The Morgan fingerprint density at radius 2 is 2.18 bits per heavy atom. The van der Waals surface area contributed by atoms with E-state index < -0.39 is 0 Å². The monoisotopic (exact) mass is 155 g/mol. The first kappa shape index (κ1) is 7.56. The Balaban J connectivity index is 1.91. The van der Waals surface area contributed by atoms with Crippen LogP contribution in [0.25, 0.3) is 0 Å². The van der Waals surface area contributed by atoms with E-state index in [1.165, 1.54) is 12.8 Å². The summed E-state index contributed by atoms with van der Waals surface area (Å²) in [6.45, 7) is 3.23. The Morgan fingerprint density at radius 1 is 1.45 bits per heavy atom. The fourth-order valence-corrected chi connectivity index (χ4v) is 2.39. The van der Waals surface area contributed by atoms with E-state index in [-0.39, 0.29) is 0 Å². The predicted octanol–water partition coefficient (Wildman–Crippen LogP) is 1.02. The Hall–Kier alpha value is -0.0800. The third-order valence-electron chi connectivity index (χ3n) is 3.35. The van der Waals surface area contributed by atoms with E-state index in [9.17, 15) is 0 Å². The highest BCUT2D eigenvalue weighted by molar-refractivity contribution is 4.99. The number of nitrogens with one attached hydrogen (secondary N) is 1. The fraction of sp³-hybridized carbons (Fsp3) is 1.00. The van der Waals surface area contributed by atoms with Gasteiger partial charge in [-0.05, 0) is 24.7 Å². The molecule has 2 heteroatoms. The molecule has 2 nitrogen and oxygen atoms in total. The maximum absolute atomic E-state index is 5.16. The molecule has 2 atom stereocenters. The summed E-state index contributed by atoms with van der Waals surface area (Å²) in [5.74, 6) is 1.81. The van der Waals surface area contributed by atoms with Crippen molar-refractivity contribution in [2.45, 2.75) is 31.8 Å². The summed E-state index contributed by atoms with van der Waals surface area (Å²) in [5.41, 5.74) is 0. The molecule has 0 spiro atoms. The zero-order valence-electron chi connectivity index (χ0n) is 7.34. The number of hydrogen-bond donors (Lipinski definition) is 1. The van der Waals surface area contributed by atoms with Crippen LogP contribution in [-0.4, -0.2) is 25.8 Å². The van der Waals surface area contributed by atoms with Gasteiger partial charge in [0.2, 0.25) is 0 Å². The van der Waals surface area contributed by atoms with Gasteiger partial charge in [0, 0.05) is 19.2 Å². The molecule has 0 aromatic heterocycles. The summed E-state index contributed by atoms with van der Waals surface area (Å²) in [5, 5.41) is 3.61. The highest BCUT2D eigenvalue weighted by Crippen LogP contribution is 2.40. The van der Waals surface area contributed by atoms with Gasteiger partial charge in [-0.15, -0.1) is 0 Å². The van der Waals surface area contributed by atoms with Crippen molar-refractivity contribution in [1.29, 1.82) is 0 Å². The third-order valence-corrected chi connectivity index (χ3v) is 3.35. The van der Waals surface area contributed by atoms with Crippen LogP contribution in [0.5, 0.6) is 0 Å². The molecule has 2 saturated heterocycles. The lowest BCUT2D eigenvalue weighted by Gasteiger charge is -2.50. The van der Waals surface area contributed by atoms with Crippen molar-refractivity contribution in [2.24, 2.45) is 11.8 Å². The molecule has 1 saturated carbocycles. The molecule has 0 aromatic rings. The number of hydrogen-bond acceptors (Lipinski definition) is 2. The number of methoxy groups -OCH3 is 1. The van der Waals surface area contributed by atoms with Crippen molar-refractivity contribution in [3.63, 3.8) is 0 Å². The normalized spacial score (nSPS) is 48.5. The smallest absolute Gasteiger partial charge is 0.0618 e. The van der Waals surface area contributed by atoms with Gasteiger partial charge in [0.25, 0.3) is 0 Å². The number of ether oxygens (including phenoxy) is 1. The van der Waals surface area contributed by atoms with Crippen molar-refractivity contribution in [3.05, 3.63) is 0 Å². The van der Waals surface area contributed by atoms with E-state index in [0.29, 0.717) is 6.04 Å². The molecule has 11 heavy (non-hydrogen) atoms. The molecule has 0 aromatic carbocycles. The van der Waals surface area contributed by atoms with Crippen molar-refractivity contribution in [2.75, 3.05) is 13.7 Å². The first-order chi connectivity index (χ1) is 5.31. The second-order valence-corrected chi connectivity index (χ2v) is 4.02. The molecule has 64 valence electrons. The van der Waals surface area contributed by atoms with Crippen molar-refractivity contribution in [3.8, 4) is 0 Å². The first-order valence-electron chi connectivity index (χ1n) is 4.56. The standard InChI is InChI=1S/C9H17NO/c1-6-7-3-8(4-7)10-9(6)5-11-2/h6-10H,3-5H2,1-2H3/t6-,7?,8?,9?/m0/s1. The van der Waals surface area contributed by atoms with Gasteiger partial charge in [0.15, 0.2) is 0 Å². The number of fused-ring (bicyclic) bond motifs is 2. The molecule has 1 unspecified atom stereocenters. The van der Waals surface area contributed by atoms with E-state index in [1.807, 2.05) is 0 Å². The van der Waals surface area contributed by atoms with Crippen molar-refractivity contribution >= 4 is 0 Å². The van der Waals surface area contributed by atoms with Crippen LogP contribution < -0.4 is 5.32 Å². The van der Waals surface area contributed by atoms with Gasteiger partial charge < -0.3 is 10.1 Å². The maximum atomic E-state index is 5.16. The molecule has 2 bridgehead atoms. The van der Waals surface area contributed by atoms with Crippen LogP contribution in [0.2, 0.25) is 0 Å². The van der Waals surface area contributed by atoms with Gasteiger partial charge in [-0.1, -0.05) is 6.92 Å². The Bertz CT molecular complexity index is 142. The number of piperidine rings is 2. The van der Waals surface area contributed by atoms with E-state index in [1.54, 1.807) is 7.11 Å². The van der Waals surface area contributed by atoms with Gasteiger partial charge >= 0.3 is 0 Å². The molecule has 1 aliphatic carbocycles. The molecular formula is C9H17NO. The number of rotatable bonds is 2. The molecule has 1 N–H and O–H groups in total. The molecule has 3 aliphatic rings. The summed E-state index contributed by atoms with van der Waals surface area (Å²) in [6.07, 6.45) is 2.81. The summed E-state index contributed by atoms with van der Waals surface area (Å²) in [4.78, 5) is 0. The van der Waals surface area contributed by atoms with Crippen LogP contribution in [0, 0.1) is 11.8 Å². The van der Waals surface area contributed by atoms with Crippen LogP contribution >= 0.6 is 0 Å². The van der Waals surface area contributed by atoms with E-state index in [2.05, 4.69) is 12.2 Å². The van der Waals surface area contributed by atoms with Crippen molar-refractivity contribution in [1.82, 2.24) is 5.32 Å². The van der Waals surface area contributed by atoms with Crippen molar-refractivity contribution < 1.29 is 4.74 Å². The van der Waals surface area contributed by atoms with Crippen LogP contribution in [-0.2, 0) is 4.74 Å². The third kappa shape index (κ3) is 1.18. The SMILES string of the molecule is COCC1NC2CC(C2)[C@@H]1C. The minimum absolute atomic E-state index is 0.623. The minimum atomic E-state index is 0.623. The maximum Gasteiger partial charge on any atom is 0.0618 e. The lowest BCUT2D eigenvalue weighted by molar-refractivity contribution is 0.0171. The largest absolute Gasteiger partial charge is 0.383 e. The lowest BCUT2D eigenvalue weighted by Crippen LogP contribution is -2.60. The quantitative estimate of drug-likeness (QED) is 0.643. The molecule has 3 rings (SSSR count). The summed E-state index contributed by atoms with van der Waals surface area (Å²) < 4.78 is 5.16. The van der Waals surface area contributed by atoms with E-state index in [4.69, 9.17) is 4.74 Å². The zero-order valence-corrected chi connectivity index (χ0v) is 7.34. The van der Waals surface area contributed by atoms with Gasteiger partial charge in [0.05, 0.1) is 6.61 Å². The zero-order chi connectivity index (χ0) is 7.84. The highest BCUT2D eigenvalue weighted by Gasteiger charge is 2.42. The Morgan fingerprint density at radius 3 is 2.73 bits per heavy atom.